The number of carbonyl (C=O) groups is 1. The molecule has 3 N–H and O–H groups in total. The minimum absolute atomic E-state index is 0.206. The number of fused-ring (bicyclic) bond motifs is 1. The fraction of sp³-hybridized carbons (Fsp3) is 0.353. The molecule has 3 heterocycles. The number of H-pyrrole nitrogens is 1. The van der Waals surface area contributed by atoms with Crippen LogP contribution in [0.4, 0.5) is 0 Å². The van der Waals surface area contributed by atoms with E-state index in [0.29, 0.717) is 17.9 Å². The standard InChI is InChI=1S/C17H19N5O2/c23-16-7-11(10-22-5-1-3-20-22)6-15(16)21-17(24)12-8-14-13(19-9-12)2-4-18-14/h1-5,8-9,11,15-16,18,23H,6-7,10H2,(H,21,24)/t11?,15-,16-/m1/s1. The lowest BCUT2D eigenvalue weighted by Gasteiger charge is -2.16. The van der Waals surface area contributed by atoms with Crippen molar-refractivity contribution in [2.45, 2.75) is 31.5 Å². The number of aromatic amines is 1. The van der Waals surface area contributed by atoms with Crippen molar-refractivity contribution >= 4 is 16.9 Å². The zero-order valence-electron chi connectivity index (χ0n) is 13.1. The number of aromatic nitrogens is 4. The zero-order chi connectivity index (χ0) is 16.5. The van der Waals surface area contributed by atoms with E-state index in [-0.39, 0.29) is 11.9 Å². The molecule has 0 saturated heterocycles. The fourth-order valence-electron chi connectivity index (χ4n) is 3.41. The molecule has 0 aliphatic heterocycles. The summed E-state index contributed by atoms with van der Waals surface area (Å²) in [6.07, 6.45) is 7.89. The highest BCUT2D eigenvalue weighted by Crippen LogP contribution is 2.27. The van der Waals surface area contributed by atoms with Crippen LogP contribution in [0.3, 0.4) is 0 Å². The number of pyridine rings is 1. The fourth-order valence-corrected chi connectivity index (χ4v) is 3.41. The number of nitrogens with zero attached hydrogens (tertiary/aromatic N) is 3. The van der Waals surface area contributed by atoms with E-state index < -0.39 is 6.10 Å². The molecule has 1 aliphatic carbocycles. The van der Waals surface area contributed by atoms with Crippen molar-refractivity contribution in [2.24, 2.45) is 5.92 Å². The minimum Gasteiger partial charge on any atom is -0.391 e. The number of rotatable bonds is 4. The van der Waals surface area contributed by atoms with Crippen LogP contribution in [0.2, 0.25) is 0 Å². The molecule has 7 nitrogen and oxygen atoms in total. The molecular formula is C17H19N5O2. The van der Waals surface area contributed by atoms with Crippen molar-refractivity contribution in [1.29, 1.82) is 0 Å². The Morgan fingerprint density at radius 1 is 1.46 bits per heavy atom. The van der Waals surface area contributed by atoms with Crippen molar-refractivity contribution in [3.63, 3.8) is 0 Å². The van der Waals surface area contributed by atoms with Crippen molar-refractivity contribution < 1.29 is 9.90 Å². The molecule has 4 rings (SSSR count). The van der Waals surface area contributed by atoms with Crippen molar-refractivity contribution in [3.05, 3.63) is 48.5 Å². The van der Waals surface area contributed by atoms with Crippen LogP contribution >= 0.6 is 0 Å². The molecule has 24 heavy (non-hydrogen) atoms. The third kappa shape index (κ3) is 2.90. The summed E-state index contributed by atoms with van der Waals surface area (Å²) >= 11 is 0. The van der Waals surface area contributed by atoms with Crippen LogP contribution in [0.1, 0.15) is 23.2 Å². The van der Waals surface area contributed by atoms with E-state index in [1.54, 1.807) is 24.7 Å². The Balaban J connectivity index is 1.41. The first kappa shape index (κ1) is 14.9. The Labute approximate surface area is 138 Å². The molecule has 3 aromatic rings. The normalized spacial score (nSPS) is 23.6. The molecule has 124 valence electrons. The molecule has 0 spiro atoms. The van der Waals surface area contributed by atoms with Crippen LogP contribution in [-0.4, -0.2) is 42.9 Å². The predicted molar refractivity (Wildman–Crippen MR) is 88.3 cm³/mol. The van der Waals surface area contributed by atoms with Crippen LogP contribution in [0.15, 0.2) is 43.0 Å². The van der Waals surface area contributed by atoms with Gasteiger partial charge in [-0.05, 0) is 37.0 Å². The number of amides is 1. The molecule has 1 saturated carbocycles. The van der Waals surface area contributed by atoms with Crippen molar-refractivity contribution in [3.8, 4) is 0 Å². The maximum Gasteiger partial charge on any atom is 0.253 e. The lowest BCUT2D eigenvalue weighted by Crippen LogP contribution is -2.39. The van der Waals surface area contributed by atoms with E-state index in [4.69, 9.17) is 0 Å². The van der Waals surface area contributed by atoms with Gasteiger partial charge in [0.2, 0.25) is 0 Å². The molecule has 0 aromatic carbocycles. The third-order valence-electron chi connectivity index (χ3n) is 4.61. The summed E-state index contributed by atoms with van der Waals surface area (Å²) < 4.78 is 1.87. The van der Waals surface area contributed by atoms with Gasteiger partial charge in [-0.15, -0.1) is 0 Å². The molecule has 1 unspecified atom stereocenters. The Kier molecular flexibility index (Phi) is 3.78. The Hall–Kier alpha value is -2.67. The maximum atomic E-state index is 12.4. The van der Waals surface area contributed by atoms with Gasteiger partial charge in [0, 0.05) is 31.3 Å². The Morgan fingerprint density at radius 2 is 2.38 bits per heavy atom. The van der Waals surface area contributed by atoms with Gasteiger partial charge >= 0.3 is 0 Å². The maximum absolute atomic E-state index is 12.4. The van der Waals surface area contributed by atoms with Gasteiger partial charge in [0.1, 0.15) is 0 Å². The average molecular weight is 325 g/mol. The van der Waals surface area contributed by atoms with Gasteiger partial charge in [-0.1, -0.05) is 0 Å². The molecule has 3 atom stereocenters. The lowest BCUT2D eigenvalue weighted by atomic mass is 10.1. The zero-order valence-corrected chi connectivity index (χ0v) is 13.1. The highest BCUT2D eigenvalue weighted by Gasteiger charge is 2.34. The monoisotopic (exact) mass is 325 g/mol. The minimum atomic E-state index is -0.531. The SMILES string of the molecule is O=C(N[C@@H]1CC(Cn2cccn2)C[C@H]1O)c1cnc2cc[nH]c2c1. The van der Waals surface area contributed by atoms with Crippen LogP contribution in [-0.2, 0) is 6.54 Å². The van der Waals surface area contributed by atoms with Gasteiger partial charge in [-0.3, -0.25) is 14.5 Å². The van der Waals surface area contributed by atoms with Gasteiger partial charge in [0.05, 0.1) is 28.7 Å². The number of hydrogen-bond donors (Lipinski definition) is 3. The lowest BCUT2D eigenvalue weighted by molar-refractivity contribution is 0.0872. The van der Waals surface area contributed by atoms with E-state index >= 15 is 0 Å². The largest absolute Gasteiger partial charge is 0.391 e. The van der Waals surface area contributed by atoms with Crippen LogP contribution < -0.4 is 5.32 Å². The number of aliphatic hydroxyl groups excluding tert-OH is 1. The van der Waals surface area contributed by atoms with Gasteiger partial charge < -0.3 is 15.4 Å². The smallest absolute Gasteiger partial charge is 0.253 e. The van der Waals surface area contributed by atoms with E-state index in [1.807, 2.05) is 23.0 Å². The molecule has 3 aromatic heterocycles. The van der Waals surface area contributed by atoms with Crippen LogP contribution in [0, 0.1) is 5.92 Å². The predicted octanol–water partition coefficient (Wildman–Crippen LogP) is 1.33. The first-order valence-electron chi connectivity index (χ1n) is 8.08. The number of carbonyl (C=O) groups excluding carboxylic acids is 1. The van der Waals surface area contributed by atoms with E-state index in [0.717, 1.165) is 24.0 Å². The molecule has 0 bridgehead atoms. The summed E-state index contributed by atoms with van der Waals surface area (Å²) in [6, 6.07) is 5.28. The third-order valence-corrected chi connectivity index (χ3v) is 4.61. The molecular weight excluding hydrogens is 306 g/mol. The highest BCUT2D eigenvalue weighted by atomic mass is 16.3. The second kappa shape index (κ2) is 6.09. The summed E-state index contributed by atoms with van der Waals surface area (Å²) in [5, 5.41) is 17.4. The Bertz CT molecular complexity index is 842. The molecule has 0 radical (unpaired) electrons. The van der Waals surface area contributed by atoms with Gasteiger partial charge in [0.15, 0.2) is 0 Å². The number of hydrogen-bond acceptors (Lipinski definition) is 4. The van der Waals surface area contributed by atoms with E-state index in [1.165, 1.54) is 0 Å². The molecule has 1 amide bonds. The first-order valence-corrected chi connectivity index (χ1v) is 8.08. The van der Waals surface area contributed by atoms with Crippen LogP contribution in [0.5, 0.6) is 0 Å². The average Bonchev–Trinajstić information content (AvgIpc) is 3.29. The van der Waals surface area contributed by atoms with Gasteiger partial charge in [0.25, 0.3) is 5.91 Å². The van der Waals surface area contributed by atoms with E-state index in [9.17, 15) is 9.90 Å². The molecule has 1 aliphatic rings. The summed E-state index contributed by atoms with van der Waals surface area (Å²) in [7, 11) is 0. The van der Waals surface area contributed by atoms with Gasteiger partial charge in [-0.2, -0.15) is 5.10 Å². The summed E-state index contributed by atoms with van der Waals surface area (Å²) in [6.45, 7) is 0.756. The second-order valence-electron chi connectivity index (χ2n) is 6.35. The first-order chi connectivity index (χ1) is 11.7. The Morgan fingerprint density at radius 3 is 3.21 bits per heavy atom. The summed E-state index contributed by atoms with van der Waals surface area (Å²) in [4.78, 5) is 19.7. The molecule has 1 fully saturated rings. The second-order valence-corrected chi connectivity index (χ2v) is 6.35. The summed E-state index contributed by atoms with van der Waals surface area (Å²) in [5.74, 6) is 0.0944. The highest BCUT2D eigenvalue weighted by molar-refractivity contribution is 5.96. The number of nitrogens with one attached hydrogen (secondary N) is 2. The summed E-state index contributed by atoms with van der Waals surface area (Å²) in [5.41, 5.74) is 2.14. The van der Waals surface area contributed by atoms with Crippen molar-refractivity contribution in [1.82, 2.24) is 25.1 Å². The number of aliphatic hydroxyl groups is 1. The quantitative estimate of drug-likeness (QED) is 0.674. The molecule has 7 heteroatoms. The van der Waals surface area contributed by atoms with Crippen LogP contribution in [0.25, 0.3) is 11.0 Å². The topological polar surface area (TPSA) is 95.8 Å². The van der Waals surface area contributed by atoms with E-state index in [2.05, 4.69) is 20.4 Å². The van der Waals surface area contributed by atoms with Gasteiger partial charge in [-0.25, -0.2) is 0 Å². The van der Waals surface area contributed by atoms with Crippen molar-refractivity contribution in [2.75, 3.05) is 0 Å².